The van der Waals surface area contributed by atoms with Crippen molar-refractivity contribution in [3.8, 4) is 11.4 Å². The number of methoxy groups -OCH3 is 1. The number of hydrogen-bond acceptors (Lipinski definition) is 5. The van der Waals surface area contributed by atoms with E-state index in [1.54, 1.807) is 18.7 Å². The third kappa shape index (κ3) is 2.87. The number of hydrogen-bond donors (Lipinski definition) is 1. The highest BCUT2D eigenvalue weighted by molar-refractivity contribution is 8.25. The molecule has 0 fully saturated rings. The molecule has 1 aromatic heterocycles. The van der Waals surface area contributed by atoms with Crippen LogP contribution in [0, 0.1) is 19.3 Å². The Kier molecular flexibility index (Phi) is 4.19. The number of amidine groups is 2. The second kappa shape index (κ2) is 6.55. The Morgan fingerprint density at radius 1 is 1.22 bits per heavy atom. The first-order valence-corrected chi connectivity index (χ1v) is 9.14. The van der Waals surface area contributed by atoms with Gasteiger partial charge >= 0.3 is 0 Å². The maximum Gasteiger partial charge on any atom is 0.283 e. The Bertz CT molecular complexity index is 1050. The van der Waals surface area contributed by atoms with Crippen LogP contribution in [0.25, 0.3) is 11.8 Å². The van der Waals surface area contributed by atoms with E-state index < -0.39 is 5.91 Å². The Hall–Kier alpha value is -3.13. The summed E-state index contributed by atoms with van der Waals surface area (Å²) in [5.41, 5.74) is 5.66. The summed E-state index contributed by atoms with van der Waals surface area (Å²) in [6.07, 6.45) is 1.71. The van der Waals surface area contributed by atoms with E-state index in [0.29, 0.717) is 5.17 Å². The van der Waals surface area contributed by atoms with Gasteiger partial charge in [-0.2, -0.15) is 15.1 Å². The van der Waals surface area contributed by atoms with Crippen LogP contribution in [-0.4, -0.2) is 39.1 Å². The third-order valence-electron chi connectivity index (χ3n) is 4.50. The molecule has 0 unspecified atom stereocenters. The molecule has 0 atom stereocenters. The van der Waals surface area contributed by atoms with Gasteiger partial charge in [0.15, 0.2) is 11.0 Å². The smallest absolute Gasteiger partial charge is 0.283 e. The van der Waals surface area contributed by atoms with Crippen molar-refractivity contribution < 1.29 is 9.53 Å². The molecule has 0 radical (unpaired) electrons. The molecule has 1 aromatic carbocycles. The highest BCUT2D eigenvalue weighted by Gasteiger charge is 2.32. The molecular formula is C19H17N5O2S. The van der Waals surface area contributed by atoms with E-state index in [2.05, 4.69) is 14.7 Å². The van der Waals surface area contributed by atoms with Gasteiger partial charge in [0.2, 0.25) is 0 Å². The highest BCUT2D eigenvalue weighted by atomic mass is 32.2. The Balaban J connectivity index is 1.75. The molecule has 0 aliphatic carbocycles. The van der Waals surface area contributed by atoms with Crippen molar-refractivity contribution in [1.29, 1.82) is 5.41 Å². The van der Waals surface area contributed by atoms with Gasteiger partial charge in [-0.15, -0.1) is 0 Å². The molecule has 1 N–H and O–H groups in total. The molecule has 4 rings (SSSR count). The number of carbonyl (C=O) groups is 1. The monoisotopic (exact) mass is 379 g/mol. The minimum atomic E-state index is -0.418. The quantitative estimate of drug-likeness (QED) is 0.829. The minimum absolute atomic E-state index is 0.0421. The van der Waals surface area contributed by atoms with E-state index in [4.69, 9.17) is 10.1 Å². The van der Waals surface area contributed by atoms with Crippen molar-refractivity contribution in [2.45, 2.75) is 13.8 Å². The zero-order valence-corrected chi connectivity index (χ0v) is 15.9. The van der Waals surface area contributed by atoms with Crippen molar-refractivity contribution in [2.24, 2.45) is 10.1 Å². The number of ether oxygens (including phenoxy) is 1. The van der Waals surface area contributed by atoms with Crippen LogP contribution >= 0.6 is 11.8 Å². The topological polar surface area (TPSA) is 83.0 Å². The second-order valence-corrected chi connectivity index (χ2v) is 6.93. The molecule has 8 heteroatoms. The second-order valence-electron chi connectivity index (χ2n) is 6.12. The van der Waals surface area contributed by atoms with Crippen molar-refractivity contribution in [2.75, 3.05) is 7.11 Å². The lowest BCUT2D eigenvalue weighted by Crippen LogP contribution is -2.35. The number of nitrogens with one attached hydrogen (secondary N) is 1. The summed E-state index contributed by atoms with van der Waals surface area (Å²) < 4.78 is 7.32. The number of thioether (sulfide) groups is 1. The Morgan fingerprint density at radius 3 is 2.67 bits per heavy atom. The number of aliphatic imine (C=N–C) groups is 1. The van der Waals surface area contributed by atoms with Gasteiger partial charge in [-0.3, -0.25) is 10.2 Å². The SMILES string of the molecule is COc1ccc(-n2c(C)cc(/C=C3/C(=N)N4N=CSC4=NC3=O)c2C)cc1. The molecule has 136 valence electrons. The molecule has 1 amide bonds. The maximum absolute atomic E-state index is 12.4. The highest BCUT2D eigenvalue weighted by Crippen LogP contribution is 2.28. The number of fused-ring (bicyclic) bond motifs is 1. The van der Waals surface area contributed by atoms with Crippen LogP contribution in [0.15, 0.2) is 46.0 Å². The zero-order valence-electron chi connectivity index (χ0n) is 15.1. The Labute approximate surface area is 160 Å². The van der Waals surface area contributed by atoms with E-state index in [1.807, 2.05) is 44.2 Å². The van der Waals surface area contributed by atoms with Crippen LogP contribution in [0.3, 0.4) is 0 Å². The standard InChI is InChI=1S/C19H17N5O2S/c1-11-8-13(12(2)23(11)14-4-6-15(26-3)7-5-14)9-16-17(20)24-19(22-18(16)25)27-10-21-24/h4-10,20H,1-3H3/b16-9-,20-17?. The minimum Gasteiger partial charge on any atom is -0.497 e. The Morgan fingerprint density at radius 2 is 1.96 bits per heavy atom. The number of benzene rings is 1. The first kappa shape index (κ1) is 17.3. The molecule has 3 heterocycles. The van der Waals surface area contributed by atoms with Gasteiger partial charge in [0.25, 0.3) is 5.91 Å². The number of rotatable bonds is 3. The van der Waals surface area contributed by atoms with Gasteiger partial charge in [0.05, 0.1) is 18.2 Å². The third-order valence-corrected chi connectivity index (χ3v) is 5.17. The van der Waals surface area contributed by atoms with E-state index in [1.165, 1.54) is 16.8 Å². The molecule has 0 saturated carbocycles. The summed E-state index contributed by atoms with van der Waals surface area (Å²) in [7, 11) is 1.64. The van der Waals surface area contributed by atoms with Crippen LogP contribution in [-0.2, 0) is 4.79 Å². The van der Waals surface area contributed by atoms with Crippen LogP contribution in [0.2, 0.25) is 0 Å². The van der Waals surface area contributed by atoms with Gasteiger partial charge in [-0.1, -0.05) is 0 Å². The van der Waals surface area contributed by atoms with Gasteiger partial charge in [0, 0.05) is 17.1 Å². The average Bonchev–Trinajstić information content (AvgIpc) is 3.23. The lowest BCUT2D eigenvalue weighted by Gasteiger charge is -2.20. The van der Waals surface area contributed by atoms with E-state index in [-0.39, 0.29) is 11.4 Å². The number of nitrogens with zero attached hydrogens (tertiary/aromatic N) is 4. The number of aromatic nitrogens is 1. The summed E-state index contributed by atoms with van der Waals surface area (Å²) >= 11 is 1.23. The molecule has 7 nitrogen and oxygen atoms in total. The normalized spacial score (nSPS) is 17.5. The fraction of sp³-hybridized carbons (Fsp3) is 0.158. The average molecular weight is 379 g/mol. The van der Waals surface area contributed by atoms with Crippen LogP contribution in [0.4, 0.5) is 0 Å². The lowest BCUT2D eigenvalue weighted by atomic mass is 10.1. The van der Waals surface area contributed by atoms with Gasteiger partial charge in [-0.25, -0.2) is 0 Å². The first-order valence-electron chi connectivity index (χ1n) is 8.26. The van der Waals surface area contributed by atoms with Gasteiger partial charge < -0.3 is 9.30 Å². The van der Waals surface area contributed by atoms with Crippen molar-refractivity contribution in [1.82, 2.24) is 9.58 Å². The predicted molar refractivity (Wildman–Crippen MR) is 108 cm³/mol. The molecular weight excluding hydrogens is 362 g/mol. The van der Waals surface area contributed by atoms with Crippen molar-refractivity contribution >= 4 is 40.3 Å². The van der Waals surface area contributed by atoms with Gasteiger partial charge in [-0.05, 0) is 67.6 Å². The zero-order chi connectivity index (χ0) is 19.1. The summed E-state index contributed by atoms with van der Waals surface area (Å²) in [5.74, 6) is 0.418. The molecule has 0 saturated heterocycles. The molecule has 2 aromatic rings. The fourth-order valence-corrected chi connectivity index (χ4v) is 3.76. The molecule has 2 aliphatic heterocycles. The number of aryl methyl sites for hydroxylation is 1. The maximum atomic E-state index is 12.4. The van der Waals surface area contributed by atoms with E-state index >= 15 is 0 Å². The first-order chi connectivity index (χ1) is 13.0. The van der Waals surface area contributed by atoms with Crippen molar-refractivity contribution in [3.63, 3.8) is 0 Å². The molecule has 27 heavy (non-hydrogen) atoms. The lowest BCUT2D eigenvalue weighted by molar-refractivity contribution is -0.114. The summed E-state index contributed by atoms with van der Waals surface area (Å²) in [6, 6.07) is 9.78. The summed E-state index contributed by atoms with van der Waals surface area (Å²) in [6.45, 7) is 3.99. The van der Waals surface area contributed by atoms with Gasteiger partial charge in [0.1, 0.15) is 5.75 Å². The number of carbonyl (C=O) groups excluding carboxylic acids is 1. The fourth-order valence-electron chi connectivity index (χ4n) is 3.15. The van der Waals surface area contributed by atoms with Crippen LogP contribution in [0.5, 0.6) is 5.75 Å². The van der Waals surface area contributed by atoms with E-state index in [0.717, 1.165) is 28.4 Å². The van der Waals surface area contributed by atoms with E-state index in [9.17, 15) is 4.79 Å². The predicted octanol–water partition coefficient (Wildman–Crippen LogP) is 3.35. The summed E-state index contributed by atoms with van der Waals surface area (Å²) in [4.78, 5) is 16.4. The largest absolute Gasteiger partial charge is 0.497 e. The van der Waals surface area contributed by atoms with Crippen LogP contribution in [0.1, 0.15) is 17.0 Å². The van der Waals surface area contributed by atoms with Crippen LogP contribution < -0.4 is 4.74 Å². The number of amides is 1. The van der Waals surface area contributed by atoms with Crippen molar-refractivity contribution in [3.05, 3.63) is 52.9 Å². The molecule has 0 bridgehead atoms. The summed E-state index contributed by atoms with van der Waals surface area (Å²) in [5, 5.41) is 14.2. The number of hydrazone groups is 1. The molecule has 0 spiro atoms. The molecule has 2 aliphatic rings.